The number of nitrogens with one attached hydrogen (secondary N) is 1. The second-order valence-electron chi connectivity index (χ2n) is 7.17. The number of alkyl halides is 3. The number of anilines is 2. The summed E-state index contributed by atoms with van der Waals surface area (Å²) < 4.78 is 46.3. The summed E-state index contributed by atoms with van der Waals surface area (Å²) in [5.41, 5.74) is 0.937. The molecule has 4 rings (SSSR count). The number of aromatic nitrogens is 4. The zero-order chi connectivity index (χ0) is 21.5. The summed E-state index contributed by atoms with van der Waals surface area (Å²) in [6.45, 7) is 1.47. The Morgan fingerprint density at radius 3 is 2.63 bits per heavy atom. The number of rotatable bonds is 4. The van der Waals surface area contributed by atoms with Crippen molar-refractivity contribution in [3.05, 3.63) is 34.6 Å². The number of hydrogen-bond donors (Lipinski definition) is 1. The van der Waals surface area contributed by atoms with Gasteiger partial charge in [-0.05, 0) is 34.8 Å². The monoisotopic (exact) mass is 484 g/mol. The van der Waals surface area contributed by atoms with Crippen molar-refractivity contribution in [2.24, 2.45) is 7.05 Å². The molecule has 160 valence electrons. The van der Waals surface area contributed by atoms with Crippen molar-refractivity contribution in [2.75, 3.05) is 30.4 Å². The van der Waals surface area contributed by atoms with Crippen LogP contribution in [0.5, 0.6) is 5.75 Å². The largest absolute Gasteiger partial charge is 0.495 e. The molecule has 0 unspecified atom stereocenters. The van der Waals surface area contributed by atoms with E-state index in [0.29, 0.717) is 6.54 Å². The van der Waals surface area contributed by atoms with Crippen LogP contribution in [0.2, 0.25) is 0 Å². The number of benzene rings is 1. The molecule has 1 fully saturated rings. The van der Waals surface area contributed by atoms with Crippen LogP contribution in [0.15, 0.2) is 29.0 Å². The summed E-state index contributed by atoms with van der Waals surface area (Å²) in [4.78, 5) is 14.6. The van der Waals surface area contributed by atoms with E-state index in [1.54, 1.807) is 7.11 Å². The first-order valence-electron chi connectivity index (χ1n) is 9.37. The molecule has 1 aromatic carbocycles. The first-order chi connectivity index (χ1) is 14.3. The van der Waals surface area contributed by atoms with Crippen molar-refractivity contribution in [2.45, 2.75) is 25.1 Å². The molecule has 3 aromatic rings. The minimum atomic E-state index is -4.45. The van der Waals surface area contributed by atoms with Gasteiger partial charge < -0.3 is 19.5 Å². The Balaban J connectivity index is 1.52. The summed E-state index contributed by atoms with van der Waals surface area (Å²) in [5, 5.41) is 3.14. The third kappa shape index (κ3) is 4.03. The van der Waals surface area contributed by atoms with Crippen molar-refractivity contribution in [1.29, 1.82) is 0 Å². The standard InChI is InChI=1S/C19H20BrF3N6O/c1-28-15-7-16(30-2)13(20)6-14(15)27-18(28)29-5-3-4-12(10-29)26-17-24-8-11(9-25-17)19(21,22)23/h6-9,12H,3-5,10H2,1-2H3,(H,24,25,26)/t12-/m1/s1. The molecule has 2 aromatic heterocycles. The van der Waals surface area contributed by atoms with Crippen LogP contribution in [0, 0.1) is 0 Å². The lowest BCUT2D eigenvalue weighted by atomic mass is 10.1. The van der Waals surface area contributed by atoms with Crippen molar-refractivity contribution < 1.29 is 17.9 Å². The van der Waals surface area contributed by atoms with E-state index < -0.39 is 11.7 Å². The van der Waals surface area contributed by atoms with E-state index >= 15 is 0 Å². The van der Waals surface area contributed by atoms with Crippen molar-refractivity contribution >= 4 is 38.9 Å². The number of ether oxygens (including phenoxy) is 1. The third-order valence-corrected chi connectivity index (χ3v) is 5.77. The second kappa shape index (κ2) is 7.93. The molecular weight excluding hydrogens is 465 g/mol. The van der Waals surface area contributed by atoms with Crippen LogP contribution in [0.3, 0.4) is 0 Å². The molecule has 0 aliphatic carbocycles. The maximum atomic E-state index is 12.7. The molecule has 0 amide bonds. The lowest BCUT2D eigenvalue weighted by Gasteiger charge is -2.33. The first-order valence-corrected chi connectivity index (χ1v) is 10.2. The molecule has 0 radical (unpaired) electrons. The molecule has 11 heteroatoms. The fourth-order valence-electron chi connectivity index (χ4n) is 3.63. The molecular formula is C19H20BrF3N6O. The highest BCUT2D eigenvalue weighted by molar-refractivity contribution is 9.10. The third-order valence-electron chi connectivity index (χ3n) is 5.15. The highest BCUT2D eigenvalue weighted by atomic mass is 79.9. The van der Waals surface area contributed by atoms with Gasteiger partial charge in [-0.15, -0.1) is 0 Å². The van der Waals surface area contributed by atoms with E-state index in [1.165, 1.54) is 0 Å². The smallest absolute Gasteiger partial charge is 0.419 e. The summed E-state index contributed by atoms with van der Waals surface area (Å²) in [5.74, 6) is 1.74. The first kappa shape index (κ1) is 20.7. The highest BCUT2D eigenvalue weighted by Crippen LogP contribution is 2.33. The predicted molar refractivity (Wildman–Crippen MR) is 111 cm³/mol. The number of fused-ring (bicyclic) bond motifs is 1. The molecule has 1 saturated heterocycles. The lowest BCUT2D eigenvalue weighted by molar-refractivity contribution is -0.138. The Morgan fingerprint density at radius 2 is 1.97 bits per heavy atom. The van der Waals surface area contributed by atoms with E-state index in [2.05, 4.69) is 36.1 Å². The minimum absolute atomic E-state index is 0.00317. The molecule has 1 aliphatic rings. The quantitative estimate of drug-likeness (QED) is 0.597. The van der Waals surface area contributed by atoms with Gasteiger partial charge in [0.1, 0.15) is 5.75 Å². The minimum Gasteiger partial charge on any atom is -0.495 e. The molecule has 0 bridgehead atoms. The van der Waals surface area contributed by atoms with Crippen LogP contribution in [-0.2, 0) is 13.2 Å². The van der Waals surface area contributed by atoms with Gasteiger partial charge in [0.15, 0.2) is 0 Å². The maximum absolute atomic E-state index is 12.7. The van der Waals surface area contributed by atoms with E-state index in [4.69, 9.17) is 9.72 Å². The molecule has 1 atom stereocenters. The SMILES string of the molecule is COc1cc2c(cc1Br)nc(N1CCC[C@@H](Nc3ncc(C(F)(F)F)cn3)C1)n2C. The Bertz CT molecular complexity index is 1050. The number of imidazole rings is 1. The zero-order valence-corrected chi connectivity index (χ0v) is 18.0. The average molecular weight is 485 g/mol. The summed E-state index contributed by atoms with van der Waals surface area (Å²) in [7, 11) is 3.57. The zero-order valence-electron chi connectivity index (χ0n) is 16.4. The van der Waals surface area contributed by atoms with E-state index in [-0.39, 0.29) is 12.0 Å². The van der Waals surface area contributed by atoms with Gasteiger partial charge in [0, 0.05) is 44.6 Å². The summed E-state index contributed by atoms with van der Waals surface area (Å²) in [6, 6.07) is 3.86. The maximum Gasteiger partial charge on any atom is 0.419 e. The van der Waals surface area contributed by atoms with Gasteiger partial charge >= 0.3 is 6.18 Å². The molecule has 1 aliphatic heterocycles. The Labute approximate surface area is 179 Å². The fraction of sp³-hybridized carbons (Fsp3) is 0.421. The highest BCUT2D eigenvalue weighted by Gasteiger charge is 2.31. The van der Waals surface area contributed by atoms with Gasteiger partial charge in [0.2, 0.25) is 11.9 Å². The predicted octanol–water partition coefficient (Wildman–Crippen LogP) is 4.23. The number of methoxy groups -OCH3 is 1. The van der Waals surface area contributed by atoms with Gasteiger partial charge in [-0.25, -0.2) is 15.0 Å². The Kier molecular flexibility index (Phi) is 5.48. The Hall–Kier alpha value is -2.56. The van der Waals surface area contributed by atoms with Crippen molar-refractivity contribution in [1.82, 2.24) is 19.5 Å². The van der Waals surface area contributed by atoms with Crippen molar-refractivity contribution in [3.63, 3.8) is 0 Å². The number of aryl methyl sites for hydroxylation is 1. The second-order valence-corrected chi connectivity index (χ2v) is 8.02. The van der Waals surface area contributed by atoms with Crippen LogP contribution in [-0.4, -0.2) is 45.8 Å². The molecule has 7 nitrogen and oxygen atoms in total. The van der Waals surface area contributed by atoms with Gasteiger partial charge in [-0.2, -0.15) is 13.2 Å². The molecule has 30 heavy (non-hydrogen) atoms. The molecule has 3 heterocycles. The number of piperidine rings is 1. The summed E-state index contributed by atoms with van der Waals surface area (Å²) in [6.07, 6.45) is -1.07. The fourth-order valence-corrected chi connectivity index (χ4v) is 4.12. The van der Waals surface area contributed by atoms with Gasteiger partial charge in [-0.1, -0.05) is 0 Å². The summed E-state index contributed by atoms with van der Waals surface area (Å²) >= 11 is 3.49. The van der Waals surface area contributed by atoms with Gasteiger partial charge in [-0.3, -0.25) is 0 Å². The van der Waals surface area contributed by atoms with Crippen LogP contribution >= 0.6 is 15.9 Å². The van der Waals surface area contributed by atoms with Gasteiger partial charge in [0.25, 0.3) is 0 Å². The van der Waals surface area contributed by atoms with Crippen LogP contribution < -0.4 is 15.0 Å². The number of hydrogen-bond acceptors (Lipinski definition) is 6. The van der Waals surface area contributed by atoms with E-state index in [9.17, 15) is 13.2 Å². The van der Waals surface area contributed by atoms with Crippen LogP contribution in [0.4, 0.5) is 25.1 Å². The topological polar surface area (TPSA) is 68.1 Å². The Morgan fingerprint density at radius 1 is 1.23 bits per heavy atom. The van der Waals surface area contributed by atoms with Crippen molar-refractivity contribution in [3.8, 4) is 5.75 Å². The van der Waals surface area contributed by atoms with E-state index in [0.717, 1.165) is 59.0 Å². The number of nitrogens with zero attached hydrogens (tertiary/aromatic N) is 5. The number of halogens is 4. The normalized spacial score (nSPS) is 17.4. The molecule has 1 N–H and O–H groups in total. The lowest BCUT2D eigenvalue weighted by Crippen LogP contribution is -2.43. The molecule has 0 saturated carbocycles. The van der Waals surface area contributed by atoms with Gasteiger partial charge in [0.05, 0.1) is 28.2 Å². The van der Waals surface area contributed by atoms with Crippen LogP contribution in [0.25, 0.3) is 11.0 Å². The van der Waals surface area contributed by atoms with Crippen LogP contribution in [0.1, 0.15) is 18.4 Å². The van der Waals surface area contributed by atoms with E-state index in [1.807, 2.05) is 23.7 Å². The molecule has 0 spiro atoms. The average Bonchev–Trinajstić information content (AvgIpc) is 3.02.